The van der Waals surface area contributed by atoms with Crippen LogP contribution in [-0.2, 0) is 10.2 Å². The molecule has 5 heteroatoms. The predicted molar refractivity (Wildman–Crippen MR) is 54.5 cm³/mol. The molecule has 0 saturated heterocycles. The average molecular weight is 208 g/mol. The highest BCUT2D eigenvalue weighted by atomic mass is 32.2. The molecule has 1 rings (SSSR count). The van der Waals surface area contributed by atoms with Gasteiger partial charge in [0.2, 0.25) is 0 Å². The molecule has 0 aromatic heterocycles. The summed E-state index contributed by atoms with van der Waals surface area (Å²) in [5, 5.41) is 4.83. The van der Waals surface area contributed by atoms with Gasteiger partial charge in [-0.3, -0.25) is 0 Å². The van der Waals surface area contributed by atoms with Gasteiger partial charge in [0.05, 0.1) is 0 Å². The van der Waals surface area contributed by atoms with E-state index in [1.165, 1.54) is 6.42 Å². The summed E-state index contributed by atoms with van der Waals surface area (Å²) in [6, 6.07) is 0.0822. The average Bonchev–Trinajstić information content (AvgIpc) is 2.07. The first-order valence-corrected chi connectivity index (χ1v) is 6.42. The van der Waals surface area contributed by atoms with Crippen molar-refractivity contribution in [2.75, 3.05) is 0 Å². The Morgan fingerprint density at radius 3 is 2.00 bits per heavy atom. The third-order valence-electron chi connectivity index (χ3n) is 1.94. The van der Waals surface area contributed by atoms with E-state index in [-0.39, 0.29) is 6.04 Å². The summed E-state index contributed by atoms with van der Waals surface area (Å²) in [7, 11) is -3.47. The van der Waals surface area contributed by atoms with E-state index in [2.05, 4.69) is 4.72 Å². The Kier molecular flexibility index (Phi) is 6.28. The molecule has 1 aliphatic carbocycles. The lowest BCUT2D eigenvalue weighted by molar-refractivity contribution is 0.412. The fourth-order valence-corrected chi connectivity index (χ4v) is 2.15. The number of hydrogen-bond donors (Lipinski definition) is 2. The van der Waals surface area contributed by atoms with Crippen LogP contribution >= 0.6 is 0 Å². The highest BCUT2D eigenvalue weighted by Gasteiger charge is 2.16. The molecule has 0 heterocycles. The first kappa shape index (κ1) is 12.9. The largest absolute Gasteiger partial charge is 0.274 e. The first-order valence-electron chi connectivity index (χ1n) is 4.88. The minimum absolute atomic E-state index is 0.0822. The zero-order valence-electron chi connectivity index (χ0n) is 8.41. The van der Waals surface area contributed by atoms with E-state index in [1.807, 2.05) is 13.8 Å². The van der Waals surface area contributed by atoms with Crippen molar-refractivity contribution in [1.82, 2.24) is 4.72 Å². The van der Waals surface area contributed by atoms with Crippen molar-refractivity contribution in [3.63, 3.8) is 0 Å². The Bertz CT molecular complexity index is 208. The number of rotatable bonds is 2. The maximum absolute atomic E-state index is 10.6. The SMILES string of the molecule is CC.NS(=O)(=O)NC1CCCCC1. The molecule has 0 spiro atoms. The lowest BCUT2D eigenvalue weighted by Gasteiger charge is -2.20. The molecule has 0 radical (unpaired) electrons. The van der Waals surface area contributed by atoms with Crippen LogP contribution in [0.1, 0.15) is 46.0 Å². The quantitative estimate of drug-likeness (QED) is 0.714. The molecule has 0 atom stereocenters. The zero-order chi connectivity index (χ0) is 10.3. The molecule has 1 aliphatic rings. The van der Waals surface area contributed by atoms with Crippen LogP contribution in [0.2, 0.25) is 0 Å². The maximum atomic E-state index is 10.6. The molecular weight excluding hydrogens is 188 g/mol. The molecular formula is C8H20N2O2S. The molecule has 3 N–H and O–H groups in total. The van der Waals surface area contributed by atoms with Crippen LogP contribution in [0.4, 0.5) is 0 Å². The molecule has 1 fully saturated rings. The monoisotopic (exact) mass is 208 g/mol. The first-order chi connectivity index (χ1) is 6.08. The second kappa shape index (κ2) is 6.34. The van der Waals surface area contributed by atoms with Crippen molar-refractivity contribution in [3.8, 4) is 0 Å². The summed E-state index contributed by atoms with van der Waals surface area (Å²) in [6.07, 6.45) is 5.27. The van der Waals surface area contributed by atoms with Crippen molar-refractivity contribution >= 4 is 10.2 Å². The summed E-state index contributed by atoms with van der Waals surface area (Å²) >= 11 is 0. The molecule has 0 aromatic rings. The summed E-state index contributed by atoms with van der Waals surface area (Å²) in [6.45, 7) is 4.00. The van der Waals surface area contributed by atoms with Crippen molar-refractivity contribution in [2.45, 2.75) is 52.0 Å². The minimum Gasteiger partial charge on any atom is -0.216 e. The van der Waals surface area contributed by atoms with Crippen LogP contribution in [-0.4, -0.2) is 14.5 Å². The van der Waals surface area contributed by atoms with E-state index >= 15 is 0 Å². The second-order valence-corrected chi connectivity index (χ2v) is 4.32. The molecule has 0 unspecified atom stereocenters. The van der Waals surface area contributed by atoms with Crippen molar-refractivity contribution in [2.24, 2.45) is 5.14 Å². The van der Waals surface area contributed by atoms with Gasteiger partial charge in [-0.15, -0.1) is 0 Å². The fraction of sp³-hybridized carbons (Fsp3) is 1.00. The molecule has 80 valence electrons. The van der Waals surface area contributed by atoms with Crippen LogP contribution < -0.4 is 9.86 Å². The lowest BCUT2D eigenvalue weighted by Crippen LogP contribution is -2.40. The highest BCUT2D eigenvalue weighted by molar-refractivity contribution is 7.87. The van der Waals surface area contributed by atoms with Gasteiger partial charge in [0.1, 0.15) is 0 Å². The second-order valence-electron chi connectivity index (χ2n) is 3.00. The third-order valence-corrected chi connectivity index (χ3v) is 2.60. The van der Waals surface area contributed by atoms with Gasteiger partial charge < -0.3 is 0 Å². The van der Waals surface area contributed by atoms with E-state index in [1.54, 1.807) is 0 Å². The van der Waals surface area contributed by atoms with Crippen LogP contribution in [0.3, 0.4) is 0 Å². The van der Waals surface area contributed by atoms with Crippen LogP contribution in [0, 0.1) is 0 Å². The Labute approximate surface area is 81.1 Å². The van der Waals surface area contributed by atoms with E-state index in [0.29, 0.717) is 0 Å². The number of nitrogens with one attached hydrogen (secondary N) is 1. The lowest BCUT2D eigenvalue weighted by atomic mass is 9.96. The van der Waals surface area contributed by atoms with Gasteiger partial charge in [-0.05, 0) is 12.8 Å². The number of hydrogen-bond acceptors (Lipinski definition) is 2. The summed E-state index contributed by atoms with van der Waals surface area (Å²) in [4.78, 5) is 0. The standard InChI is InChI=1S/C6H14N2O2S.C2H6/c7-11(9,10)8-6-4-2-1-3-5-6;1-2/h6,8H,1-5H2,(H2,7,9,10);1-2H3. The summed E-state index contributed by atoms with van der Waals surface area (Å²) in [5.41, 5.74) is 0. The Hall–Kier alpha value is -0.130. The van der Waals surface area contributed by atoms with Gasteiger partial charge in [-0.1, -0.05) is 33.1 Å². The minimum atomic E-state index is -3.47. The Balaban J connectivity index is 0.000000671. The van der Waals surface area contributed by atoms with Crippen LogP contribution in [0.25, 0.3) is 0 Å². The summed E-state index contributed by atoms with van der Waals surface area (Å²) < 4.78 is 23.5. The molecule has 4 nitrogen and oxygen atoms in total. The fourth-order valence-electron chi connectivity index (χ4n) is 1.45. The molecule has 0 amide bonds. The normalized spacial score (nSPS) is 19.0. The smallest absolute Gasteiger partial charge is 0.216 e. The topological polar surface area (TPSA) is 72.2 Å². The van der Waals surface area contributed by atoms with E-state index in [0.717, 1.165) is 25.7 Å². The van der Waals surface area contributed by atoms with E-state index in [4.69, 9.17) is 5.14 Å². The zero-order valence-corrected chi connectivity index (χ0v) is 9.23. The highest BCUT2D eigenvalue weighted by Crippen LogP contribution is 2.17. The van der Waals surface area contributed by atoms with Gasteiger partial charge in [0.15, 0.2) is 0 Å². The van der Waals surface area contributed by atoms with Crippen molar-refractivity contribution in [3.05, 3.63) is 0 Å². The molecule has 13 heavy (non-hydrogen) atoms. The molecule has 0 bridgehead atoms. The Morgan fingerprint density at radius 1 is 1.15 bits per heavy atom. The van der Waals surface area contributed by atoms with E-state index < -0.39 is 10.2 Å². The van der Waals surface area contributed by atoms with Crippen molar-refractivity contribution in [1.29, 1.82) is 0 Å². The van der Waals surface area contributed by atoms with Crippen molar-refractivity contribution < 1.29 is 8.42 Å². The molecule has 0 aliphatic heterocycles. The van der Waals surface area contributed by atoms with Crippen LogP contribution in [0.5, 0.6) is 0 Å². The van der Waals surface area contributed by atoms with E-state index in [9.17, 15) is 8.42 Å². The van der Waals surface area contributed by atoms with Crippen LogP contribution in [0.15, 0.2) is 0 Å². The molecule has 1 saturated carbocycles. The predicted octanol–water partition coefficient (Wildman–Crippen LogP) is 1.14. The molecule has 0 aromatic carbocycles. The van der Waals surface area contributed by atoms with Gasteiger partial charge in [0, 0.05) is 6.04 Å². The summed E-state index contributed by atoms with van der Waals surface area (Å²) in [5.74, 6) is 0. The van der Waals surface area contributed by atoms with Gasteiger partial charge in [-0.2, -0.15) is 13.1 Å². The van der Waals surface area contributed by atoms with Gasteiger partial charge in [0.25, 0.3) is 10.2 Å². The number of nitrogens with two attached hydrogens (primary N) is 1. The maximum Gasteiger partial charge on any atom is 0.274 e. The van der Waals surface area contributed by atoms with Gasteiger partial charge in [-0.25, -0.2) is 5.14 Å². The van der Waals surface area contributed by atoms with Gasteiger partial charge >= 0.3 is 0 Å². The third kappa shape index (κ3) is 6.98. The Morgan fingerprint density at radius 2 is 1.62 bits per heavy atom.